The van der Waals surface area contributed by atoms with E-state index in [0.717, 1.165) is 5.56 Å². The number of amides is 1. The fourth-order valence-corrected chi connectivity index (χ4v) is 3.44. The van der Waals surface area contributed by atoms with Gasteiger partial charge in [-0.05, 0) is 28.8 Å². The van der Waals surface area contributed by atoms with Gasteiger partial charge in [0.25, 0.3) is 5.91 Å². The molecular weight excluding hydrogens is 344 g/mol. The van der Waals surface area contributed by atoms with Crippen LogP contribution in [-0.2, 0) is 16.6 Å². The van der Waals surface area contributed by atoms with Crippen LogP contribution in [0.15, 0.2) is 41.3 Å². The van der Waals surface area contributed by atoms with E-state index in [1.165, 1.54) is 12.1 Å². The van der Waals surface area contributed by atoms with Gasteiger partial charge in [0, 0.05) is 17.7 Å². The van der Waals surface area contributed by atoms with Crippen molar-refractivity contribution in [1.82, 2.24) is 5.32 Å². The Morgan fingerprint density at radius 2 is 1.80 bits per heavy atom. The second-order valence-corrected chi connectivity index (χ2v) is 6.72. The van der Waals surface area contributed by atoms with Crippen LogP contribution < -0.4 is 27.9 Å². The molecule has 0 fully saturated rings. The molecule has 0 radical (unpaired) electrons. The van der Waals surface area contributed by atoms with Crippen LogP contribution in [0.25, 0.3) is 11.1 Å². The third-order valence-electron chi connectivity index (χ3n) is 3.71. The van der Waals surface area contributed by atoms with Crippen LogP contribution in [0.1, 0.15) is 21.5 Å². The smallest absolute Gasteiger partial charge is 0.251 e. The molecule has 10 heteroatoms. The third-order valence-corrected chi connectivity index (χ3v) is 4.66. The van der Waals surface area contributed by atoms with E-state index in [1.807, 2.05) is 0 Å². The molecule has 0 saturated heterocycles. The van der Waals surface area contributed by atoms with Gasteiger partial charge in [-0.25, -0.2) is 13.6 Å². The normalized spacial score (nSPS) is 12.7. The van der Waals surface area contributed by atoms with Crippen LogP contribution >= 0.6 is 0 Å². The molecule has 1 heterocycles. The average molecular weight is 362 g/mol. The van der Waals surface area contributed by atoms with Crippen LogP contribution in [0.4, 0.5) is 0 Å². The van der Waals surface area contributed by atoms with Crippen molar-refractivity contribution in [1.29, 1.82) is 5.41 Å². The van der Waals surface area contributed by atoms with Gasteiger partial charge in [0.15, 0.2) is 0 Å². The number of benzene rings is 2. The van der Waals surface area contributed by atoms with Crippen molar-refractivity contribution >= 4 is 21.8 Å². The number of hydrazine groups is 1. The van der Waals surface area contributed by atoms with E-state index in [1.54, 1.807) is 24.3 Å². The van der Waals surface area contributed by atoms with E-state index in [9.17, 15) is 13.2 Å². The molecule has 0 unspecified atom stereocenters. The molecule has 3 rings (SSSR count). The maximum absolute atomic E-state index is 11.8. The Bertz CT molecular complexity index is 956. The summed E-state index contributed by atoms with van der Waals surface area (Å²) in [7, 11) is -4.03. The number of nitrogen functional groups attached to an aromatic ring is 1. The van der Waals surface area contributed by atoms with Gasteiger partial charge < -0.3 is 11.1 Å². The highest BCUT2D eigenvalue weighted by molar-refractivity contribution is 7.89. The van der Waals surface area contributed by atoms with Crippen molar-refractivity contribution < 1.29 is 13.2 Å². The molecule has 0 aromatic heterocycles. The summed E-state index contributed by atoms with van der Waals surface area (Å²) in [4.78, 5) is 11.6. The van der Waals surface area contributed by atoms with Gasteiger partial charge in [0.2, 0.25) is 10.0 Å². The molecule has 9 nitrogen and oxygen atoms in total. The second-order valence-electron chi connectivity index (χ2n) is 5.19. The van der Waals surface area contributed by atoms with E-state index in [-0.39, 0.29) is 16.4 Å². The number of hydrogen-bond acceptors (Lipinski definition) is 6. The van der Waals surface area contributed by atoms with Crippen LogP contribution in [0.5, 0.6) is 0 Å². The zero-order chi connectivity index (χ0) is 18.8. The summed E-state index contributed by atoms with van der Waals surface area (Å²) in [6, 6.07) is 9.67. The summed E-state index contributed by atoms with van der Waals surface area (Å²) < 4.78 is 23.5. The van der Waals surface area contributed by atoms with Gasteiger partial charge in [0.05, 0.1) is 4.90 Å². The Balaban J connectivity index is 0.00000109. The zero-order valence-electron chi connectivity index (χ0n) is 13.1. The Kier molecular flexibility index (Phi) is 5.18. The highest BCUT2D eigenvalue weighted by Gasteiger charge is 2.23. The zero-order valence-corrected chi connectivity index (χ0v) is 13.9. The minimum Gasteiger partial charge on any atom is -0.384 e. The lowest BCUT2D eigenvalue weighted by molar-refractivity contribution is 0.0966. The first-order chi connectivity index (χ1) is 11.8. The van der Waals surface area contributed by atoms with Crippen molar-refractivity contribution in [2.75, 3.05) is 0 Å². The van der Waals surface area contributed by atoms with Crippen molar-refractivity contribution in [3.63, 3.8) is 0 Å². The molecule has 0 aliphatic carbocycles. The van der Waals surface area contributed by atoms with Gasteiger partial charge in [-0.1, -0.05) is 24.3 Å². The topological polar surface area (TPSA) is 191 Å². The summed E-state index contributed by atoms with van der Waals surface area (Å²) in [5, 5.41) is 15.6. The van der Waals surface area contributed by atoms with Gasteiger partial charge >= 0.3 is 0 Å². The van der Waals surface area contributed by atoms with Crippen molar-refractivity contribution in [2.45, 2.75) is 11.4 Å². The summed E-state index contributed by atoms with van der Waals surface area (Å²) in [6.07, 6.45) is 0. The summed E-state index contributed by atoms with van der Waals surface area (Å²) in [6.45, 7) is 0.464. The van der Waals surface area contributed by atoms with Gasteiger partial charge in [-0.15, -0.1) is 0 Å². The number of carbonyl (C=O) groups excluding carboxylic acids is 1. The van der Waals surface area contributed by atoms with Crippen molar-refractivity contribution in [3.05, 3.63) is 53.1 Å². The molecule has 2 aromatic rings. The molecule has 132 valence electrons. The Labute approximate surface area is 144 Å². The Hall–Kier alpha value is -2.79. The van der Waals surface area contributed by atoms with E-state index >= 15 is 0 Å². The number of amidine groups is 1. The lowest BCUT2D eigenvalue weighted by atomic mass is 9.96. The summed E-state index contributed by atoms with van der Waals surface area (Å²) >= 11 is 0. The molecule has 25 heavy (non-hydrogen) atoms. The number of primary sulfonamides is 1. The van der Waals surface area contributed by atoms with Crippen molar-refractivity contribution in [2.24, 2.45) is 22.6 Å². The van der Waals surface area contributed by atoms with E-state index < -0.39 is 15.9 Å². The van der Waals surface area contributed by atoms with E-state index in [2.05, 4.69) is 17.0 Å². The molecule has 0 saturated carbocycles. The molecule has 0 spiro atoms. The number of rotatable bonds is 3. The predicted molar refractivity (Wildman–Crippen MR) is 93.8 cm³/mol. The molecule has 1 aliphatic heterocycles. The van der Waals surface area contributed by atoms with E-state index in [0.29, 0.717) is 23.2 Å². The third kappa shape index (κ3) is 3.51. The Morgan fingerprint density at radius 1 is 1.12 bits per heavy atom. The first-order valence-electron chi connectivity index (χ1n) is 7.04. The van der Waals surface area contributed by atoms with Crippen LogP contribution in [0, 0.1) is 5.41 Å². The molecule has 0 atom stereocenters. The van der Waals surface area contributed by atoms with Gasteiger partial charge in [0.1, 0.15) is 5.84 Å². The van der Waals surface area contributed by atoms with Gasteiger partial charge in [-0.2, -0.15) is 0 Å². The highest BCUT2D eigenvalue weighted by atomic mass is 32.2. The number of fused-ring (bicyclic) bond motifs is 1. The molecule has 1 amide bonds. The van der Waals surface area contributed by atoms with Crippen LogP contribution in [-0.4, -0.2) is 20.2 Å². The SMILES string of the molecule is N=C(N)c1c(-c2ccc3c(c2)C(=O)NC3)cccc1S(N)(=O)=O.NN. The molecule has 1 aliphatic rings. The fraction of sp³-hybridized carbons (Fsp3) is 0.0667. The molecular formula is C15H18N6O3S. The maximum Gasteiger partial charge on any atom is 0.251 e. The highest BCUT2D eigenvalue weighted by Crippen LogP contribution is 2.30. The maximum atomic E-state index is 11.8. The molecule has 10 N–H and O–H groups in total. The first kappa shape index (κ1) is 18.5. The monoisotopic (exact) mass is 362 g/mol. The second kappa shape index (κ2) is 6.99. The largest absolute Gasteiger partial charge is 0.384 e. The molecule has 0 bridgehead atoms. The number of nitrogens with two attached hydrogens (primary N) is 4. The summed E-state index contributed by atoms with van der Waals surface area (Å²) in [5.41, 5.74) is 8.03. The number of sulfonamides is 1. The quantitative estimate of drug-likeness (QED) is 0.182. The lowest BCUT2D eigenvalue weighted by Gasteiger charge is -2.13. The van der Waals surface area contributed by atoms with Crippen LogP contribution in [0.3, 0.4) is 0 Å². The fourth-order valence-electron chi connectivity index (χ4n) is 2.67. The van der Waals surface area contributed by atoms with Crippen molar-refractivity contribution in [3.8, 4) is 11.1 Å². The first-order valence-corrected chi connectivity index (χ1v) is 8.58. The molecule has 2 aromatic carbocycles. The summed E-state index contributed by atoms with van der Waals surface area (Å²) in [5.74, 6) is 7.41. The minimum atomic E-state index is -4.03. The minimum absolute atomic E-state index is 0.0355. The lowest BCUT2D eigenvalue weighted by Crippen LogP contribution is -2.21. The van der Waals surface area contributed by atoms with E-state index in [4.69, 9.17) is 16.3 Å². The number of carbonyl (C=O) groups is 1. The number of hydrogen-bond donors (Lipinski definition) is 6. The predicted octanol–water partition coefficient (Wildman–Crippen LogP) is -0.653. The number of nitrogens with one attached hydrogen (secondary N) is 2. The Morgan fingerprint density at radius 3 is 2.40 bits per heavy atom. The van der Waals surface area contributed by atoms with Crippen LogP contribution in [0.2, 0.25) is 0 Å². The van der Waals surface area contributed by atoms with Gasteiger partial charge in [-0.3, -0.25) is 21.9 Å². The standard InChI is InChI=1S/C15H14N4O3S.H4N2/c16-14(17)13-10(2-1-3-12(13)23(18,21)22)8-4-5-9-7-19-15(20)11(9)6-8;1-2/h1-6H,7H2,(H3,16,17)(H,19,20)(H2,18,21,22);1-2H2. The average Bonchev–Trinajstić information content (AvgIpc) is 2.96.